The summed E-state index contributed by atoms with van der Waals surface area (Å²) in [5.41, 5.74) is 1.44. The van der Waals surface area contributed by atoms with Crippen LogP contribution in [0.5, 0.6) is 0 Å². The first-order valence-electron chi connectivity index (χ1n) is 9.39. The average Bonchev–Trinajstić information content (AvgIpc) is 2.52. The van der Waals surface area contributed by atoms with Crippen LogP contribution >= 0.6 is 0 Å². The monoisotopic (exact) mass is 310 g/mol. The lowest BCUT2D eigenvalue weighted by Gasteiger charge is -2.35. The van der Waals surface area contributed by atoms with Crippen LogP contribution < -0.4 is 0 Å². The highest BCUT2D eigenvalue weighted by Gasteiger charge is 2.22. The quantitative estimate of drug-likeness (QED) is 0.790. The van der Waals surface area contributed by atoms with Crippen molar-refractivity contribution in [3.05, 3.63) is 12.2 Å². The van der Waals surface area contributed by atoms with Gasteiger partial charge in [-0.05, 0) is 71.0 Å². The van der Waals surface area contributed by atoms with E-state index in [9.17, 15) is 5.11 Å². The van der Waals surface area contributed by atoms with Crippen LogP contribution in [0.2, 0.25) is 0 Å². The van der Waals surface area contributed by atoms with Gasteiger partial charge in [-0.25, -0.2) is 0 Å². The van der Waals surface area contributed by atoms with Crippen molar-refractivity contribution in [1.29, 1.82) is 0 Å². The molecular weight excluding hydrogens is 272 g/mol. The first-order chi connectivity index (χ1) is 10.6. The van der Waals surface area contributed by atoms with Gasteiger partial charge in [-0.15, -0.1) is 0 Å². The molecule has 3 aliphatic rings. The Morgan fingerprint density at radius 1 is 1.00 bits per heavy atom. The van der Waals surface area contributed by atoms with Gasteiger partial charge in [0.1, 0.15) is 0 Å². The van der Waals surface area contributed by atoms with Gasteiger partial charge in [-0.2, -0.15) is 0 Å². The minimum absolute atomic E-state index is 0.0289. The number of piperidine rings is 2. The van der Waals surface area contributed by atoms with E-state index in [4.69, 9.17) is 0 Å². The maximum atomic E-state index is 9.43. The van der Waals surface area contributed by atoms with Crippen LogP contribution in [0.3, 0.4) is 0 Å². The number of aliphatic hydroxyl groups is 1. The molecule has 0 bridgehead atoms. The van der Waals surface area contributed by atoms with Gasteiger partial charge in [-0.3, -0.25) is 0 Å². The van der Waals surface area contributed by atoms with Gasteiger partial charge >= 0.3 is 0 Å². The van der Waals surface area contributed by atoms with Crippen molar-refractivity contribution >= 4 is 0 Å². The van der Waals surface area contributed by atoms with Gasteiger partial charge in [0, 0.05) is 19.6 Å². The molecule has 2 heterocycles. The van der Waals surface area contributed by atoms with Gasteiger partial charge < -0.3 is 14.9 Å². The van der Waals surface area contributed by atoms with Crippen LogP contribution in [0.15, 0.2) is 12.2 Å². The predicted molar refractivity (Wildman–Crippen MR) is 96.2 cm³/mol. The minimum Gasteiger partial charge on any atom is -0.393 e. The number of hydrogen-bond acceptors (Lipinski definition) is 3. The zero-order chi connectivity index (χ0) is 16.4. The van der Waals surface area contributed by atoms with Crippen molar-refractivity contribution in [2.75, 3.05) is 39.8 Å². The van der Waals surface area contributed by atoms with E-state index in [1.807, 2.05) is 13.8 Å². The fraction of sp³-hybridized carbons (Fsp3) is 0.895. The molecule has 0 unspecified atom stereocenters. The number of nitrogens with zero attached hydrogens (tertiary/aromatic N) is 2. The minimum atomic E-state index is -0.0289. The summed E-state index contributed by atoms with van der Waals surface area (Å²) in [6, 6.07) is 0. The number of hydrogen-bond donors (Lipinski definition) is 1. The third-order valence-corrected chi connectivity index (χ3v) is 4.97. The molecule has 22 heavy (non-hydrogen) atoms. The first kappa shape index (κ1) is 19.7. The molecule has 0 atom stereocenters. The molecule has 3 rings (SSSR count). The summed E-state index contributed by atoms with van der Waals surface area (Å²) in [6.45, 7) is 13.8. The smallest absolute Gasteiger partial charge is 0.0564 e. The van der Waals surface area contributed by atoms with E-state index in [-0.39, 0.29) is 6.10 Å². The van der Waals surface area contributed by atoms with Crippen molar-refractivity contribution in [3.8, 4) is 0 Å². The lowest BCUT2D eigenvalue weighted by atomic mass is 9.95. The largest absolute Gasteiger partial charge is 0.393 e. The van der Waals surface area contributed by atoms with E-state index in [0.29, 0.717) is 0 Å². The Morgan fingerprint density at radius 2 is 1.50 bits per heavy atom. The molecule has 0 aromatic heterocycles. The van der Waals surface area contributed by atoms with E-state index in [2.05, 4.69) is 23.4 Å². The third-order valence-electron chi connectivity index (χ3n) is 4.97. The Hall–Kier alpha value is -0.380. The molecule has 3 fully saturated rings. The normalized spacial score (nSPS) is 24.6. The van der Waals surface area contributed by atoms with Crippen LogP contribution in [0.25, 0.3) is 0 Å². The molecule has 0 spiro atoms. The Morgan fingerprint density at radius 3 is 1.91 bits per heavy atom. The van der Waals surface area contributed by atoms with E-state index in [0.717, 1.165) is 31.8 Å². The maximum Gasteiger partial charge on any atom is 0.0564 e. The standard InChI is InChI=1S/C12H24N2O.C5H8.C2H6/c1-13-6-2-11(3-7-13)10-14-8-4-12(15)5-9-14;1-5-3-2-4-5;1-2/h11-12,15H,2-10H2,1H3;1-4H2;1-2H3. The Balaban J connectivity index is 0.000000289. The van der Waals surface area contributed by atoms with E-state index >= 15 is 0 Å². The van der Waals surface area contributed by atoms with Gasteiger partial charge in [0.25, 0.3) is 0 Å². The number of likely N-dealkylation sites (tertiary alicyclic amines) is 2. The van der Waals surface area contributed by atoms with Gasteiger partial charge in [0.05, 0.1) is 6.10 Å². The third kappa shape index (κ3) is 7.75. The molecule has 1 aliphatic carbocycles. The highest BCUT2D eigenvalue weighted by atomic mass is 16.3. The fourth-order valence-electron chi connectivity index (χ4n) is 3.14. The average molecular weight is 311 g/mol. The molecule has 3 nitrogen and oxygen atoms in total. The van der Waals surface area contributed by atoms with Crippen LogP contribution in [0.1, 0.15) is 58.8 Å². The molecule has 0 amide bonds. The number of rotatable bonds is 2. The van der Waals surface area contributed by atoms with Crippen molar-refractivity contribution in [2.45, 2.75) is 64.9 Å². The summed E-state index contributed by atoms with van der Waals surface area (Å²) in [4.78, 5) is 4.97. The molecule has 3 heteroatoms. The summed E-state index contributed by atoms with van der Waals surface area (Å²) in [7, 11) is 2.22. The van der Waals surface area contributed by atoms with Crippen molar-refractivity contribution in [2.24, 2.45) is 5.92 Å². The van der Waals surface area contributed by atoms with E-state index < -0.39 is 0 Å². The molecule has 1 N–H and O–H groups in total. The van der Waals surface area contributed by atoms with Crippen LogP contribution in [0, 0.1) is 5.92 Å². The molecular formula is C19H38N2O. The molecule has 0 aromatic carbocycles. The zero-order valence-electron chi connectivity index (χ0n) is 15.2. The molecule has 130 valence electrons. The second kappa shape index (κ2) is 11.2. The van der Waals surface area contributed by atoms with Crippen LogP contribution in [-0.4, -0.2) is 60.8 Å². The summed E-state index contributed by atoms with van der Waals surface area (Å²) in [5, 5.41) is 9.43. The lowest BCUT2D eigenvalue weighted by molar-refractivity contribution is 0.0670. The SMILES string of the molecule is C=C1CCC1.CC.CN1CCC(CN2CCC(O)CC2)CC1. The van der Waals surface area contributed by atoms with Crippen LogP contribution in [-0.2, 0) is 0 Å². The van der Waals surface area contributed by atoms with Gasteiger partial charge in [0.15, 0.2) is 0 Å². The molecule has 2 aliphatic heterocycles. The second-order valence-corrected chi connectivity index (χ2v) is 6.88. The van der Waals surface area contributed by atoms with Gasteiger partial charge in [-0.1, -0.05) is 26.0 Å². The Bertz CT molecular complexity index is 264. The molecule has 0 aromatic rings. The van der Waals surface area contributed by atoms with E-state index in [1.165, 1.54) is 57.3 Å². The van der Waals surface area contributed by atoms with E-state index in [1.54, 1.807) is 0 Å². The summed E-state index contributed by atoms with van der Waals surface area (Å²) in [6.07, 6.45) is 8.61. The molecule has 1 saturated carbocycles. The highest BCUT2D eigenvalue weighted by Crippen LogP contribution is 2.22. The summed E-state index contributed by atoms with van der Waals surface area (Å²) >= 11 is 0. The molecule has 0 radical (unpaired) electrons. The number of aliphatic hydroxyl groups excluding tert-OH is 1. The van der Waals surface area contributed by atoms with Crippen LogP contribution in [0.4, 0.5) is 0 Å². The first-order valence-corrected chi connectivity index (χ1v) is 9.39. The Labute approximate surface area is 138 Å². The zero-order valence-corrected chi connectivity index (χ0v) is 15.2. The lowest BCUT2D eigenvalue weighted by Crippen LogP contribution is -2.41. The van der Waals surface area contributed by atoms with Crippen molar-refractivity contribution in [1.82, 2.24) is 9.80 Å². The fourth-order valence-corrected chi connectivity index (χ4v) is 3.14. The van der Waals surface area contributed by atoms with Crippen molar-refractivity contribution < 1.29 is 5.11 Å². The predicted octanol–water partition coefficient (Wildman–Crippen LogP) is 3.54. The summed E-state index contributed by atoms with van der Waals surface area (Å²) in [5.74, 6) is 0.899. The highest BCUT2D eigenvalue weighted by molar-refractivity contribution is 5.02. The second-order valence-electron chi connectivity index (χ2n) is 6.88. The summed E-state index contributed by atoms with van der Waals surface area (Å²) < 4.78 is 0. The molecule has 2 saturated heterocycles. The topological polar surface area (TPSA) is 26.7 Å². The number of allylic oxidation sites excluding steroid dienone is 1. The van der Waals surface area contributed by atoms with Crippen molar-refractivity contribution in [3.63, 3.8) is 0 Å². The Kier molecular flexibility index (Phi) is 10.0. The maximum absolute atomic E-state index is 9.43. The van der Waals surface area contributed by atoms with Gasteiger partial charge in [0.2, 0.25) is 0 Å².